The third kappa shape index (κ3) is 5.67. The van der Waals surface area contributed by atoms with Gasteiger partial charge in [0.1, 0.15) is 5.82 Å². The number of aliphatic carboxylic acids is 1. The Morgan fingerprint density at radius 2 is 1.77 bits per heavy atom. The highest BCUT2D eigenvalue weighted by molar-refractivity contribution is 5.75. The first-order valence-electron chi connectivity index (χ1n) is 11.7. The quantitative estimate of drug-likeness (QED) is 0.678. The zero-order valence-electron chi connectivity index (χ0n) is 18.8. The van der Waals surface area contributed by atoms with Crippen LogP contribution in [0.15, 0.2) is 12.1 Å². The smallest absolute Gasteiger partial charge is 0.320 e. The summed E-state index contributed by atoms with van der Waals surface area (Å²) in [6.07, 6.45) is 4.39. The number of piperidine rings is 2. The van der Waals surface area contributed by atoms with E-state index in [1.807, 2.05) is 18.7 Å². The van der Waals surface area contributed by atoms with E-state index in [4.69, 9.17) is 10.1 Å². The maximum atomic E-state index is 12.8. The Balaban J connectivity index is 0.00000132. The predicted molar refractivity (Wildman–Crippen MR) is 119 cm³/mol. The zero-order valence-corrected chi connectivity index (χ0v) is 18.8. The summed E-state index contributed by atoms with van der Waals surface area (Å²) < 4.78 is 0. The lowest BCUT2D eigenvalue weighted by Gasteiger charge is -2.41. The Bertz CT molecular complexity index is 769. The minimum absolute atomic E-state index is 0.000826. The van der Waals surface area contributed by atoms with Gasteiger partial charge in [-0.15, -0.1) is 0 Å². The van der Waals surface area contributed by atoms with Gasteiger partial charge in [0.2, 0.25) is 0 Å². The Morgan fingerprint density at radius 3 is 2.42 bits per heavy atom. The van der Waals surface area contributed by atoms with E-state index in [2.05, 4.69) is 17.4 Å². The molecule has 0 aliphatic carbocycles. The lowest BCUT2D eigenvalue weighted by Crippen LogP contribution is -2.52. The van der Waals surface area contributed by atoms with Crippen molar-refractivity contribution in [1.29, 1.82) is 0 Å². The zero-order chi connectivity index (χ0) is 22.4. The summed E-state index contributed by atoms with van der Waals surface area (Å²) in [7, 11) is 0. The van der Waals surface area contributed by atoms with Crippen molar-refractivity contribution in [3.05, 3.63) is 23.4 Å². The summed E-state index contributed by atoms with van der Waals surface area (Å²) in [6, 6.07) is 4.33. The number of carbonyl (C=O) groups is 2. The molecule has 2 fully saturated rings. The molecule has 3 aliphatic heterocycles. The molecule has 31 heavy (non-hydrogen) atoms. The second-order valence-corrected chi connectivity index (χ2v) is 8.60. The van der Waals surface area contributed by atoms with E-state index in [0.29, 0.717) is 44.9 Å². The standard InChI is InChI=1S/C21H30N4O4.C2H6/c26-18(27)14-21(29)7-12-25(13-8-21)20(28)24-10-5-15(6-11-24)17-4-3-16-2-1-9-22-19(16)23-17;1-2/h3-4,15,29H,1-2,5-14H2,(H,22,23)(H,26,27);1-2H3. The SMILES string of the molecule is CC.O=C(O)CC1(O)CCN(C(=O)N2CCC(c3ccc4c(n3)NCCC4)CC2)CC1. The molecule has 8 heteroatoms. The summed E-state index contributed by atoms with van der Waals surface area (Å²) in [4.78, 5) is 32.2. The summed E-state index contributed by atoms with van der Waals surface area (Å²) in [5.41, 5.74) is 1.21. The second kappa shape index (κ2) is 10.3. The maximum Gasteiger partial charge on any atom is 0.320 e. The number of anilines is 1. The minimum Gasteiger partial charge on any atom is -0.481 e. The van der Waals surface area contributed by atoms with Crippen LogP contribution in [0.25, 0.3) is 0 Å². The number of nitrogens with one attached hydrogen (secondary N) is 1. The summed E-state index contributed by atoms with van der Waals surface area (Å²) in [6.45, 7) is 7.19. The molecule has 4 heterocycles. The number of hydrogen-bond donors (Lipinski definition) is 3. The van der Waals surface area contributed by atoms with Crippen LogP contribution in [0.4, 0.5) is 10.6 Å². The predicted octanol–water partition coefficient (Wildman–Crippen LogP) is 3.07. The van der Waals surface area contributed by atoms with Gasteiger partial charge in [-0.25, -0.2) is 9.78 Å². The molecule has 0 radical (unpaired) electrons. The van der Waals surface area contributed by atoms with Gasteiger partial charge >= 0.3 is 12.0 Å². The third-order valence-corrected chi connectivity index (χ3v) is 6.54. The third-order valence-electron chi connectivity index (χ3n) is 6.54. The molecular weight excluding hydrogens is 396 g/mol. The molecule has 0 saturated carbocycles. The molecule has 172 valence electrons. The van der Waals surface area contributed by atoms with Crippen molar-refractivity contribution in [3.8, 4) is 0 Å². The van der Waals surface area contributed by atoms with E-state index in [9.17, 15) is 14.7 Å². The number of aliphatic hydroxyl groups is 1. The molecule has 4 rings (SSSR count). The Labute approximate surface area is 184 Å². The first kappa shape index (κ1) is 23.3. The number of rotatable bonds is 3. The molecule has 2 amide bonds. The normalized spacial score (nSPS) is 20.7. The fraction of sp³-hybridized carbons (Fsp3) is 0.696. The van der Waals surface area contributed by atoms with E-state index in [-0.39, 0.29) is 12.5 Å². The molecule has 0 spiro atoms. The molecule has 3 aliphatic rings. The van der Waals surface area contributed by atoms with E-state index in [1.54, 1.807) is 4.90 Å². The number of amides is 2. The molecule has 0 aromatic carbocycles. The van der Waals surface area contributed by atoms with Crippen LogP contribution in [0.3, 0.4) is 0 Å². The van der Waals surface area contributed by atoms with Crippen LogP contribution in [0.1, 0.15) is 69.5 Å². The van der Waals surface area contributed by atoms with Crippen LogP contribution in [0.5, 0.6) is 0 Å². The molecule has 3 N–H and O–H groups in total. The van der Waals surface area contributed by atoms with Crippen LogP contribution in [-0.2, 0) is 11.2 Å². The van der Waals surface area contributed by atoms with Gasteiger partial charge in [-0.3, -0.25) is 4.79 Å². The molecule has 1 aromatic rings. The first-order chi connectivity index (χ1) is 14.9. The van der Waals surface area contributed by atoms with Crippen LogP contribution in [-0.4, -0.2) is 75.3 Å². The Morgan fingerprint density at radius 1 is 1.13 bits per heavy atom. The fourth-order valence-electron chi connectivity index (χ4n) is 4.71. The van der Waals surface area contributed by atoms with Crippen LogP contribution in [0, 0.1) is 0 Å². The van der Waals surface area contributed by atoms with Crippen LogP contribution < -0.4 is 5.32 Å². The van der Waals surface area contributed by atoms with Crippen LogP contribution >= 0.6 is 0 Å². The van der Waals surface area contributed by atoms with Gasteiger partial charge in [0.25, 0.3) is 0 Å². The Kier molecular flexibility index (Phi) is 7.75. The van der Waals surface area contributed by atoms with Gasteiger partial charge in [-0.05, 0) is 50.2 Å². The van der Waals surface area contributed by atoms with Gasteiger partial charge < -0.3 is 25.3 Å². The summed E-state index contributed by atoms with van der Waals surface area (Å²) in [5.74, 6) is 0.393. The Hall–Kier alpha value is -2.35. The van der Waals surface area contributed by atoms with E-state index >= 15 is 0 Å². The van der Waals surface area contributed by atoms with Crippen molar-refractivity contribution >= 4 is 17.8 Å². The van der Waals surface area contributed by atoms with E-state index < -0.39 is 11.6 Å². The molecule has 1 aromatic heterocycles. The average Bonchev–Trinajstić information content (AvgIpc) is 2.79. The van der Waals surface area contributed by atoms with Gasteiger partial charge in [0.15, 0.2) is 0 Å². The fourth-order valence-corrected chi connectivity index (χ4v) is 4.71. The van der Waals surface area contributed by atoms with E-state index in [0.717, 1.165) is 43.7 Å². The monoisotopic (exact) mass is 432 g/mol. The molecule has 0 atom stereocenters. The van der Waals surface area contributed by atoms with Crippen molar-refractivity contribution in [1.82, 2.24) is 14.8 Å². The number of nitrogens with zero attached hydrogens (tertiary/aromatic N) is 3. The second-order valence-electron chi connectivity index (χ2n) is 8.60. The minimum atomic E-state index is -1.19. The number of carboxylic acids is 1. The number of hydrogen-bond acceptors (Lipinski definition) is 5. The number of carbonyl (C=O) groups excluding carboxylic acids is 1. The van der Waals surface area contributed by atoms with Crippen LogP contribution in [0.2, 0.25) is 0 Å². The van der Waals surface area contributed by atoms with Gasteiger partial charge in [0.05, 0.1) is 12.0 Å². The molecule has 8 nitrogen and oxygen atoms in total. The highest BCUT2D eigenvalue weighted by Crippen LogP contribution is 2.31. The molecular formula is C23H36N4O4. The molecule has 0 unspecified atom stereocenters. The van der Waals surface area contributed by atoms with Crippen molar-refractivity contribution in [2.75, 3.05) is 38.0 Å². The largest absolute Gasteiger partial charge is 0.481 e. The number of urea groups is 1. The topological polar surface area (TPSA) is 106 Å². The van der Waals surface area contributed by atoms with Gasteiger partial charge in [0, 0.05) is 44.3 Å². The number of aryl methyl sites for hydroxylation is 1. The number of likely N-dealkylation sites (tertiary alicyclic amines) is 2. The molecule has 2 saturated heterocycles. The maximum absolute atomic E-state index is 12.8. The van der Waals surface area contributed by atoms with Crippen molar-refractivity contribution in [3.63, 3.8) is 0 Å². The van der Waals surface area contributed by atoms with Gasteiger partial charge in [-0.1, -0.05) is 19.9 Å². The molecule has 0 bridgehead atoms. The first-order valence-corrected chi connectivity index (χ1v) is 11.7. The van der Waals surface area contributed by atoms with Crippen molar-refractivity contribution in [2.24, 2.45) is 0 Å². The summed E-state index contributed by atoms with van der Waals surface area (Å²) >= 11 is 0. The average molecular weight is 433 g/mol. The lowest BCUT2D eigenvalue weighted by molar-refractivity contribution is -0.144. The van der Waals surface area contributed by atoms with Gasteiger partial charge in [-0.2, -0.15) is 0 Å². The highest BCUT2D eigenvalue weighted by atomic mass is 16.4. The summed E-state index contributed by atoms with van der Waals surface area (Å²) in [5, 5.41) is 22.7. The van der Waals surface area contributed by atoms with Crippen molar-refractivity contribution < 1.29 is 19.8 Å². The van der Waals surface area contributed by atoms with Crippen molar-refractivity contribution in [2.45, 2.75) is 70.3 Å². The number of pyridine rings is 1. The highest BCUT2D eigenvalue weighted by Gasteiger charge is 2.37. The number of carboxylic acid groups (broad SMARTS) is 1. The lowest BCUT2D eigenvalue weighted by atomic mass is 9.88. The number of fused-ring (bicyclic) bond motifs is 1. The van der Waals surface area contributed by atoms with E-state index in [1.165, 1.54) is 5.56 Å². The number of aromatic nitrogens is 1.